The van der Waals surface area contributed by atoms with Crippen LogP contribution in [0.3, 0.4) is 0 Å². The summed E-state index contributed by atoms with van der Waals surface area (Å²) in [6.45, 7) is 2.20. The molecular formula is C10H13BO5. The fraction of sp³-hybridized carbons (Fsp3) is 0.300. The Morgan fingerprint density at radius 2 is 2.12 bits per heavy atom. The highest BCUT2D eigenvalue weighted by molar-refractivity contribution is 6.60. The van der Waals surface area contributed by atoms with Gasteiger partial charge in [-0.2, -0.15) is 0 Å². The molecule has 0 atom stereocenters. The van der Waals surface area contributed by atoms with Gasteiger partial charge in [-0.3, -0.25) is 0 Å². The third-order valence-electron chi connectivity index (χ3n) is 2.00. The summed E-state index contributed by atoms with van der Waals surface area (Å²) in [7, 11) is -1.74. The fourth-order valence-electron chi connectivity index (χ4n) is 1.29. The van der Waals surface area contributed by atoms with Crippen molar-refractivity contribution in [2.24, 2.45) is 0 Å². The van der Waals surface area contributed by atoms with Gasteiger partial charge >= 0.3 is 13.1 Å². The molecule has 0 heterocycles. The fourth-order valence-corrected chi connectivity index (χ4v) is 1.29. The molecule has 1 aromatic carbocycles. The zero-order valence-electron chi connectivity index (χ0n) is 8.88. The third-order valence-corrected chi connectivity index (χ3v) is 2.00. The van der Waals surface area contributed by atoms with E-state index in [1.54, 1.807) is 0 Å². The lowest BCUT2D eigenvalue weighted by Crippen LogP contribution is -2.32. The third kappa shape index (κ3) is 2.74. The monoisotopic (exact) mass is 224 g/mol. The quantitative estimate of drug-likeness (QED) is 0.605. The average Bonchev–Trinajstić information content (AvgIpc) is 2.25. The summed E-state index contributed by atoms with van der Waals surface area (Å²) in [4.78, 5) is 10.9. The molecule has 0 unspecified atom stereocenters. The standard InChI is InChI=1S/C10H13BO5/c1-2-6-16-9-7(10(12)13)4-3-5-8(9)11(14)15/h3-5,14-15H,2,6H2,1H3,(H,12,13). The van der Waals surface area contributed by atoms with E-state index in [1.807, 2.05) is 6.92 Å². The average molecular weight is 224 g/mol. The van der Waals surface area contributed by atoms with Gasteiger partial charge in [-0.15, -0.1) is 0 Å². The topological polar surface area (TPSA) is 87.0 Å². The molecule has 0 amide bonds. The van der Waals surface area contributed by atoms with Crippen molar-refractivity contribution in [2.45, 2.75) is 13.3 Å². The van der Waals surface area contributed by atoms with E-state index in [-0.39, 0.29) is 16.8 Å². The Kier molecular flexibility index (Phi) is 4.33. The maximum absolute atomic E-state index is 10.9. The van der Waals surface area contributed by atoms with E-state index >= 15 is 0 Å². The van der Waals surface area contributed by atoms with Crippen LogP contribution in [0.5, 0.6) is 5.75 Å². The van der Waals surface area contributed by atoms with Crippen molar-refractivity contribution in [2.75, 3.05) is 6.61 Å². The van der Waals surface area contributed by atoms with E-state index in [1.165, 1.54) is 18.2 Å². The Morgan fingerprint density at radius 1 is 1.44 bits per heavy atom. The first-order chi connectivity index (χ1) is 7.57. The van der Waals surface area contributed by atoms with Gasteiger partial charge in [0.15, 0.2) is 0 Å². The van der Waals surface area contributed by atoms with Crippen molar-refractivity contribution in [3.63, 3.8) is 0 Å². The van der Waals surface area contributed by atoms with Gasteiger partial charge in [-0.25, -0.2) is 4.79 Å². The second kappa shape index (κ2) is 5.53. The van der Waals surface area contributed by atoms with Crippen LogP contribution in [0.2, 0.25) is 0 Å². The molecule has 0 aliphatic carbocycles. The molecule has 0 aliphatic heterocycles. The van der Waals surface area contributed by atoms with Crippen molar-refractivity contribution >= 4 is 18.6 Å². The van der Waals surface area contributed by atoms with E-state index in [4.69, 9.17) is 19.9 Å². The lowest BCUT2D eigenvalue weighted by atomic mass is 9.78. The summed E-state index contributed by atoms with van der Waals surface area (Å²) in [5.41, 5.74) is -0.00704. The minimum atomic E-state index is -1.74. The van der Waals surface area contributed by atoms with E-state index in [2.05, 4.69) is 0 Å². The van der Waals surface area contributed by atoms with Gasteiger partial charge in [0.1, 0.15) is 11.3 Å². The Morgan fingerprint density at radius 3 is 2.62 bits per heavy atom. The first kappa shape index (κ1) is 12.5. The lowest BCUT2D eigenvalue weighted by Gasteiger charge is -2.12. The molecule has 0 aromatic heterocycles. The van der Waals surface area contributed by atoms with E-state index in [9.17, 15) is 4.79 Å². The number of carboxylic acid groups (broad SMARTS) is 1. The van der Waals surface area contributed by atoms with Crippen LogP contribution >= 0.6 is 0 Å². The van der Waals surface area contributed by atoms with Gasteiger partial charge in [-0.1, -0.05) is 19.1 Å². The van der Waals surface area contributed by atoms with Crippen LogP contribution in [-0.4, -0.2) is 34.8 Å². The Bertz CT molecular complexity index is 377. The van der Waals surface area contributed by atoms with Crippen molar-refractivity contribution in [1.82, 2.24) is 0 Å². The second-order valence-electron chi connectivity index (χ2n) is 3.25. The van der Waals surface area contributed by atoms with Crippen LogP contribution in [0.15, 0.2) is 18.2 Å². The number of rotatable bonds is 5. The maximum atomic E-state index is 10.9. The number of carbonyl (C=O) groups is 1. The van der Waals surface area contributed by atoms with E-state index < -0.39 is 13.1 Å². The lowest BCUT2D eigenvalue weighted by molar-refractivity contribution is 0.0692. The molecule has 0 saturated carbocycles. The predicted molar refractivity (Wildman–Crippen MR) is 59.0 cm³/mol. The van der Waals surface area contributed by atoms with Gasteiger partial charge in [0.25, 0.3) is 0 Å². The van der Waals surface area contributed by atoms with Gasteiger partial charge < -0.3 is 19.9 Å². The Hall–Kier alpha value is -1.53. The molecule has 0 radical (unpaired) electrons. The molecule has 0 aliphatic rings. The first-order valence-corrected chi connectivity index (χ1v) is 4.93. The van der Waals surface area contributed by atoms with Crippen molar-refractivity contribution < 1.29 is 24.7 Å². The first-order valence-electron chi connectivity index (χ1n) is 4.93. The molecule has 0 saturated heterocycles. The molecule has 1 rings (SSSR count). The number of hydrogen-bond donors (Lipinski definition) is 3. The van der Waals surface area contributed by atoms with Gasteiger partial charge in [0.05, 0.1) is 6.61 Å². The van der Waals surface area contributed by atoms with Crippen LogP contribution in [0, 0.1) is 0 Å². The largest absolute Gasteiger partial charge is 0.493 e. The van der Waals surface area contributed by atoms with E-state index in [0.717, 1.165) is 0 Å². The van der Waals surface area contributed by atoms with Crippen LogP contribution < -0.4 is 10.2 Å². The maximum Gasteiger partial charge on any atom is 0.492 e. The highest BCUT2D eigenvalue weighted by Gasteiger charge is 2.22. The number of carboxylic acids is 1. The molecule has 6 heteroatoms. The normalized spacial score (nSPS) is 9.94. The minimum Gasteiger partial charge on any atom is -0.493 e. The summed E-state index contributed by atoms with van der Waals surface area (Å²) in [5.74, 6) is -1.14. The molecule has 3 N–H and O–H groups in total. The summed E-state index contributed by atoms with van der Waals surface area (Å²) < 4.78 is 5.24. The van der Waals surface area contributed by atoms with Gasteiger partial charge in [0, 0.05) is 5.46 Å². The number of para-hydroxylation sites is 1. The second-order valence-corrected chi connectivity index (χ2v) is 3.25. The number of benzene rings is 1. The summed E-state index contributed by atoms with van der Waals surface area (Å²) in [6.07, 6.45) is 0.703. The van der Waals surface area contributed by atoms with Crippen molar-refractivity contribution in [1.29, 1.82) is 0 Å². The Labute approximate surface area is 93.4 Å². The Balaban J connectivity index is 3.18. The molecule has 1 aromatic rings. The van der Waals surface area contributed by atoms with Crippen LogP contribution in [0.25, 0.3) is 0 Å². The number of aromatic carboxylic acids is 1. The zero-order valence-corrected chi connectivity index (χ0v) is 8.88. The van der Waals surface area contributed by atoms with Gasteiger partial charge in [0.2, 0.25) is 0 Å². The smallest absolute Gasteiger partial charge is 0.492 e. The molecule has 0 fully saturated rings. The predicted octanol–water partition coefficient (Wildman–Crippen LogP) is -0.147. The minimum absolute atomic E-state index is 0.0202. The number of ether oxygens (including phenoxy) is 1. The van der Waals surface area contributed by atoms with Crippen molar-refractivity contribution in [3.05, 3.63) is 23.8 Å². The summed E-state index contributed by atoms with van der Waals surface area (Å²) in [6, 6.07) is 4.22. The summed E-state index contributed by atoms with van der Waals surface area (Å²) in [5, 5.41) is 27.1. The van der Waals surface area contributed by atoms with Crippen LogP contribution in [0.4, 0.5) is 0 Å². The summed E-state index contributed by atoms with van der Waals surface area (Å²) >= 11 is 0. The highest BCUT2D eigenvalue weighted by Crippen LogP contribution is 2.16. The SMILES string of the molecule is CCCOc1c(B(O)O)cccc1C(=O)O. The zero-order chi connectivity index (χ0) is 12.1. The molecule has 5 nitrogen and oxygen atoms in total. The molecule has 0 bridgehead atoms. The highest BCUT2D eigenvalue weighted by atomic mass is 16.5. The molecule has 0 spiro atoms. The van der Waals surface area contributed by atoms with E-state index in [0.29, 0.717) is 13.0 Å². The van der Waals surface area contributed by atoms with Crippen molar-refractivity contribution in [3.8, 4) is 5.75 Å². The number of hydrogen-bond acceptors (Lipinski definition) is 4. The molecule has 16 heavy (non-hydrogen) atoms. The molecular weight excluding hydrogens is 211 g/mol. The molecule has 86 valence electrons. The van der Waals surface area contributed by atoms with Crippen LogP contribution in [-0.2, 0) is 0 Å². The van der Waals surface area contributed by atoms with Gasteiger partial charge in [-0.05, 0) is 12.5 Å². The van der Waals surface area contributed by atoms with Crippen LogP contribution in [0.1, 0.15) is 23.7 Å².